The van der Waals surface area contributed by atoms with E-state index in [1.54, 1.807) is 10.9 Å². The van der Waals surface area contributed by atoms with Crippen molar-refractivity contribution in [1.29, 1.82) is 0 Å². The Morgan fingerprint density at radius 1 is 1.19 bits per heavy atom. The monoisotopic (exact) mass is 373 g/mol. The van der Waals surface area contributed by atoms with Crippen molar-refractivity contribution < 1.29 is 9.53 Å². The van der Waals surface area contributed by atoms with E-state index in [4.69, 9.17) is 16.3 Å². The van der Waals surface area contributed by atoms with E-state index in [-0.39, 0.29) is 18.1 Å². The lowest BCUT2D eigenvalue weighted by molar-refractivity contribution is 0.0748. The number of amides is 1. The number of halogens is 1. The molecule has 26 heavy (non-hydrogen) atoms. The molecular formula is C20H24ClN3O2. The molecule has 6 heteroatoms. The first kappa shape index (κ1) is 17.4. The van der Waals surface area contributed by atoms with Gasteiger partial charge in [-0.2, -0.15) is 5.10 Å². The van der Waals surface area contributed by atoms with E-state index in [1.807, 2.05) is 49.1 Å². The number of hydrogen-bond donors (Lipinski definition) is 0. The van der Waals surface area contributed by atoms with Crippen LogP contribution in [0.1, 0.15) is 43.2 Å². The SMILES string of the molecule is CC(C)n1nccc1C(=O)N1C[C@@H]2CC[C@H](Oc3ccc(Cl)cc3)[C@@H]2C1. The summed E-state index contributed by atoms with van der Waals surface area (Å²) in [5.74, 6) is 1.84. The molecule has 2 aliphatic rings. The number of likely N-dealkylation sites (tertiary alicyclic amines) is 1. The van der Waals surface area contributed by atoms with Gasteiger partial charge in [0.15, 0.2) is 0 Å². The summed E-state index contributed by atoms with van der Waals surface area (Å²) in [6.45, 7) is 5.65. The normalized spacial score (nSPS) is 24.9. The molecule has 1 aromatic heterocycles. The molecular weight excluding hydrogens is 350 g/mol. The number of aromatic nitrogens is 2. The van der Waals surface area contributed by atoms with Gasteiger partial charge in [-0.15, -0.1) is 0 Å². The molecule has 0 spiro atoms. The third-order valence-corrected chi connectivity index (χ3v) is 5.81. The van der Waals surface area contributed by atoms with Gasteiger partial charge >= 0.3 is 0 Å². The van der Waals surface area contributed by atoms with Crippen molar-refractivity contribution in [3.05, 3.63) is 47.2 Å². The molecule has 1 saturated heterocycles. The highest BCUT2D eigenvalue weighted by Crippen LogP contribution is 2.40. The lowest BCUT2D eigenvalue weighted by Crippen LogP contribution is -2.34. The predicted octanol–water partition coefficient (Wildman–Crippen LogP) is 4.05. The summed E-state index contributed by atoms with van der Waals surface area (Å²) in [6, 6.07) is 9.51. The van der Waals surface area contributed by atoms with Gasteiger partial charge in [-0.05, 0) is 62.9 Å². The van der Waals surface area contributed by atoms with Crippen LogP contribution in [0.4, 0.5) is 0 Å². The van der Waals surface area contributed by atoms with Crippen molar-refractivity contribution in [1.82, 2.24) is 14.7 Å². The van der Waals surface area contributed by atoms with Gasteiger partial charge in [0.25, 0.3) is 5.91 Å². The Bertz CT molecular complexity index is 787. The van der Waals surface area contributed by atoms with Crippen LogP contribution in [0.25, 0.3) is 0 Å². The quantitative estimate of drug-likeness (QED) is 0.812. The van der Waals surface area contributed by atoms with E-state index in [2.05, 4.69) is 5.10 Å². The summed E-state index contributed by atoms with van der Waals surface area (Å²) in [4.78, 5) is 15.0. The number of carbonyl (C=O) groups excluding carboxylic acids is 1. The van der Waals surface area contributed by atoms with Crippen molar-refractivity contribution >= 4 is 17.5 Å². The molecule has 1 aliphatic carbocycles. The maximum atomic E-state index is 13.0. The van der Waals surface area contributed by atoms with Crippen molar-refractivity contribution in [2.24, 2.45) is 11.8 Å². The molecule has 2 fully saturated rings. The Labute approximate surface area is 158 Å². The Morgan fingerprint density at radius 3 is 2.69 bits per heavy atom. The summed E-state index contributed by atoms with van der Waals surface area (Å²) in [5.41, 5.74) is 0.676. The van der Waals surface area contributed by atoms with E-state index in [1.165, 1.54) is 0 Å². The fourth-order valence-corrected chi connectivity index (χ4v) is 4.40. The van der Waals surface area contributed by atoms with Crippen LogP contribution in [0.2, 0.25) is 5.02 Å². The van der Waals surface area contributed by atoms with Crippen LogP contribution < -0.4 is 4.74 Å². The van der Waals surface area contributed by atoms with Crippen molar-refractivity contribution in [3.8, 4) is 5.75 Å². The van der Waals surface area contributed by atoms with Crippen LogP contribution in [0.15, 0.2) is 36.5 Å². The molecule has 2 aromatic rings. The smallest absolute Gasteiger partial charge is 0.272 e. The molecule has 4 rings (SSSR count). The van der Waals surface area contributed by atoms with E-state index < -0.39 is 0 Å². The van der Waals surface area contributed by atoms with Crippen LogP contribution >= 0.6 is 11.6 Å². The summed E-state index contributed by atoms with van der Waals surface area (Å²) in [6.07, 6.45) is 4.02. The standard InChI is InChI=1S/C20H24ClN3O2/c1-13(2)24-18(9-10-22-24)20(25)23-11-14-3-8-19(17(14)12-23)26-16-6-4-15(21)5-7-16/h4-7,9-10,13-14,17,19H,3,8,11-12H2,1-2H3/t14-,17+,19-/m0/s1. The number of fused-ring (bicyclic) bond motifs is 1. The van der Waals surface area contributed by atoms with Crippen LogP contribution in [0.5, 0.6) is 5.75 Å². The third-order valence-electron chi connectivity index (χ3n) is 5.56. The highest BCUT2D eigenvalue weighted by molar-refractivity contribution is 6.30. The molecule has 138 valence electrons. The second-order valence-electron chi connectivity index (χ2n) is 7.58. The van der Waals surface area contributed by atoms with E-state index in [0.29, 0.717) is 22.6 Å². The minimum absolute atomic E-state index is 0.0795. The second-order valence-corrected chi connectivity index (χ2v) is 8.01. The first-order valence-electron chi connectivity index (χ1n) is 9.28. The largest absolute Gasteiger partial charge is 0.490 e. The number of nitrogens with zero attached hydrogens (tertiary/aromatic N) is 3. The van der Waals surface area contributed by atoms with Crippen molar-refractivity contribution in [2.45, 2.75) is 38.8 Å². The molecule has 1 aromatic carbocycles. The number of carbonyl (C=O) groups is 1. The van der Waals surface area contributed by atoms with Gasteiger partial charge in [0.1, 0.15) is 17.5 Å². The summed E-state index contributed by atoms with van der Waals surface area (Å²) < 4.78 is 8.01. The van der Waals surface area contributed by atoms with Crippen LogP contribution in [0.3, 0.4) is 0 Å². The van der Waals surface area contributed by atoms with Gasteiger partial charge in [-0.3, -0.25) is 9.48 Å². The Morgan fingerprint density at radius 2 is 1.96 bits per heavy atom. The van der Waals surface area contributed by atoms with Crippen molar-refractivity contribution in [2.75, 3.05) is 13.1 Å². The first-order chi connectivity index (χ1) is 12.5. The van der Waals surface area contributed by atoms with E-state index in [9.17, 15) is 4.79 Å². The topological polar surface area (TPSA) is 47.4 Å². The van der Waals surface area contributed by atoms with Gasteiger partial charge < -0.3 is 9.64 Å². The highest BCUT2D eigenvalue weighted by Gasteiger charge is 2.45. The zero-order chi connectivity index (χ0) is 18.3. The molecule has 0 unspecified atom stereocenters. The number of rotatable bonds is 4. The van der Waals surface area contributed by atoms with E-state index in [0.717, 1.165) is 31.7 Å². The number of ether oxygens (including phenoxy) is 1. The molecule has 0 bridgehead atoms. The van der Waals surface area contributed by atoms with Gasteiger partial charge in [-0.25, -0.2) is 0 Å². The van der Waals surface area contributed by atoms with Crippen LogP contribution in [-0.2, 0) is 0 Å². The lowest BCUT2D eigenvalue weighted by Gasteiger charge is -2.22. The minimum Gasteiger partial charge on any atom is -0.490 e. The fraction of sp³-hybridized carbons (Fsp3) is 0.500. The fourth-order valence-electron chi connectivity index (χ4n) is 4.27. The lowest BCUT2D eigenvalue weighted by atomic mass is 9.99. The molecule has 1 amide bonds. The maximum Gasteiger partial charge on any atom is 0.272 e. The van der Waals surface area contributed by atoms with Crippen LogP contribution in [0, 0.1) is 11.8 Å². The maximum absolute atomic E-state index is 13.0. The zero-order valence-electron chi connectivity index (χ0n) is 15.1. The molecule has 0 N–H and O–H groups in total. The van der Waals surface area contributed by atoms with Crippen molar-refractivity contribution in [3.63, 3.8) is 0 Å². The third kappa shape index (κ3) is 3.20. The molecule has 3 atom stereocenters. The highest BCUT2D eigenvalue weighted by atomic mass is 35.5. The molecule has 0 radical (unpaired) electrons. The summed E-state index contributed by atoms with van der Waals surface area (Å²) >= 11 is 5.95. The number of hydrogen-bond acceptors (Lipinski definition) is 3. The average Bonchev–Trinajstić information content (AvgIpc) is 3.32. The van der Waals surface area contributed by atoms with Gasteiger partial charge in [0.05, 0.1) is 0 Å². The molecule has 5 nitrogen and oxygen atoms in total. The Hall–Kier alpha value is -2.01. The average molecular weight is 374 g/mol. The molecule has 1 saturated carbocycles. The van der Waals surface area contributed by atoms with Gasteiger partial charge in [-0.1, -0.05) is 11.6 Å². The first-order valence-corrected chi connectivity index (χ1v) is 9.65. The van der Waals surface area contributed by atoms with Crippen LogP contribution in [-0.4, -0.2) is 39.8 Å². The Balaban J connectivity index is 1.45. The predicted molar refractivity (Wildman–Crippen MR) is 101 cm³/mol. The molecule has 1 aliphatic heterocycles. The second kappa shape index (κ2) is 6.95. The molecule has 2 heterocycles. The van der Waals surface area contributed by atoms with E-state index >= 15 is 0 Å². The van der Waals surface area contributed by atoms with Gasteiger partial charge in [0, 0.05) is 36.3 Å². The minimum atomic E-state index is 0.0795. The Kier molecular flexibility index (Phi) is 4.65. The summed E-state index contributed by atoms with van der Waals surface area (Å²) in [5, 5.41) is 5.00. The van der Waals surface area contributed by atoms with Gasteiger partial charge in [0.2, 0.25) is 0 Å². The zero-order valence-corrected chi connectivity index (χ0v) is 15.9. The summed E-state index contributed by atoms with van der Waals surface area (Å²) in [7, 11) is 0. The number of benzene rings is 1.